The van der Waals surface area contributed by atoms with Gasteiger partial charge in [0.2, 0.25) is 5.95 Å². The van der Waals surface area contributed by atoms with Gasteiger partial charge in [0.15, 0.2) is 5.82 Å². The van der Waals surface area contributed by atoms with Crippen molar-refractivity contribution in [3.05, 3.63) is 5.82 Å². The Bertz CT molecular complexity index is 405. The van der Waals surface area contributed by atoms with Gasteiger partial charge in [0.1, 0.15) is 6.10 Å². The Morgan fingerprint density at radius 2 is 2.16 bits per heavy atom. The van der Waals surface area contributed by atoms with Gasteiger partial charge < -0.3 is 15.4 Å². The van der Waals surface area contributed by atoms with E-state index in [1.165, 1.54) is 0 Å². The lowest BCUT2D eigenvalue weighted by Gasteiger charge is -2.32. The average molecular weight is 265 g/mol. The SMILES string of the molecule is CC(N)C1CCN(c2n[nH]c(C3CCCO3)n2)CC1. The zero-order valence-corrected chi connectivity index (χ0v) is 11.5. The van der Waals surface area contributed by atoms with Crippen LogP contribution in [0.15, 0.2) is 0 Å². The molecule has 2 unspecified atom stereocenters. The Hall–Kier alpha value is -1.14. The van der Waals surface area contributed by atoms with Gasteiger partial charge in [0.05, 0.1) is 0 Å². The number of nitrogens with two attached hydrogens (primary N) is 1. The fourth-order valence-electron chi connectivity index (χ4n) is 2.97. The second kappa shape index (κ2) is 5.46. The van der Waals surface area contributed by atoms with Gasteiger partial charge in [0, 0.05) is 25.7 Å². The molecule has 2 atom stereocenters. The maximum atomic E-state index is 5.97. The van der Waals surface area contributed by atoms with Crippen molar-refractivity contribution in [3.8, 4) is 0 Å². The Morgan fingerprint density at radius 3 is 2.79 bits per heavy atom. The first-order valence-corrected chi connectivity index (χ1v) is 7.28. The molecule has 1 aromatic heterocycles. The van der Waals surface area contributed by atoms with Crippen LogP contribution in [-0.4, -0.2) is 40.9 Å². The molecule has 0 radical (unpaired) electrons. The van der Waals surface area contributed by atoms with E-state index in [1.54, 1.807) is 0 Å². The molecule has 3 heterocycles. The van der Waals surface area contributed by atoms with E-state index in [1.807, 2.05) is 0 Å². The fourth-order valence-corrected chi connectivity index (χ4v) is 2.97. The molecule has 2 aliphatic rings. The van der Waals surface area contributed by atoms with Crippen molar-refractivity contribution in [2.24, 2.45) is 11.7 Å². The van der Waals surface area contributed by atoms with Gasteiger partial charge in [-0.05, 0) is 38.5 Å². The molecule has 19 heavy (non-hydrogen) atoms. The van der Waals surface area contributed by atoms with Crippen molar-refractivity contribution < 1.29 is 4.74 Å². The van der Waals surface area contributed by atoms with Crippen molar-refractivity contribution in [2.45, 2.75) is 44.8 Å². The van der Waals surface area contributed by atoms with Crippen LogP contribution in [0.3, 0.4) is 0 Å². The highest BCUT2D eigenvalue weighted by Crippen LogP contribution is 2.28. The molecule has 0 spiro atoms. The smallest absolute Gasteiger partial charge is 0.244 e. The summed E-state index contributed by atoms with van der Waals surface area (Å²) in [6, 6.07) is 0.289. The minimum Gasteiger partial charge on any atom is -0.370 e. The second-order valence-corrected chi connectivity index (χ2v) is 5.71. The van der Waals surface area contributed by atoms with Crippen LogP contribution in [0, 0.1) is 5.92 Å². The summed E-state index contributed by atoms with van der Waals surface area (Å²) >= 11 is 0. The van der Waals surface area contributed by atoms with E-state index in [2.05, 4.69) is 27.0 Å². The van der Waals surface area contributed by atoms with E-state index >= 15 is 0 Å². The number of nitrogens with zero attached hydrogens (tertiary/aromatic N) is 3. The van der Waals surface area contributed by atoms with Gasteiger partial charge in [-0.3, -0.25) is 5.10 Å². The molecule has 0 aliphatic carbocycles. The minimum absolute atomic E-state index is 0.114. The molecule has 3 rings (SSSR count). The van der Waals surface area contributed by atoms with Crippen molar-refractivity contribution in [1.29, 1.82) is 0 Å². The molecule has 3 N–H and O–H groups in total. The van der Waals surface area contributed by atoms with Crippen LogP contribution in [0.4, 0.5) is 5.95 Å². The molecule has 6 heteroatoms. The summed E-state index contributed by atoms with van der Waals surface area (Å²) in [5.74, 6) is 2.32. The summed E-state index contributed by atoms with van der Waals surface area (Å²) in [5.41, 5.74) is 5.97. The van der Waals surface area contributed by atoms with E-state index in [-0.39, 0.29) is 12.1 Å². The molecule has 2 fully saturated rings. The number of aromatic nitrogens is 3. The van der Waals surface area contributed by atoms with Gasteiger partial charge in [-0.1, -0.05) is 0 Å². The molecule has 6 nitrogen and oxygen atoms in total. The summed E-state index contributed by atoms with van der Waals surface area (Å²) in [6.45, 7) is 4.92. The first-order valence-electron chi connectivity index (χ1n) is 7.28. The Labute approximate surface area is 113 Å². The van der Waals surface area contributed by atoms with Crippen LogP contribution in [0.1, 0.15) is 44.5 Å². The molecular formula is C13H23N5O. The highest BCUT2D eigenvalue weighted by Gasteiger charge is 2.26. The topological polar surface area (TPSA) is 80.1 Å². The van der Waals surface area contributed by atoms with Gasteiger partial charge in [-0.2, -0.15) is 4.98 Å². The summed E-state index contributed by atoms with van der Waals surface area (Å²) < 4.78 is 5.62. The monoisotopic (exact) mass is 265 g/mol. The van der Waals surface area contributed by atoms with Crippen molar-refractivity contribution in [3.63, 3.8) is 0 Å². The van der Waals surface area contributed by atoms with Crippen LogP contribution in [-0.2, 0) is 4.74 Å². The summed E-state index contributed by atoms with van der Waals surface area (Å²) in [4.78, 5) is 6.83. The van der Waals surface area contributed by atoms with E-state index in [4.69, 9.17) is 10.5 Å². The molecule has 2 saturated heterocycles. The van der Waals surface area contributed by atoms with Gasteiger partial charge in [-0.25, -0.2) is 0 Å². The van der Waals surface area contributed by atoms with E-state index in [9.17, 15) is 0 Å². The Kier molecular flexibility index (Phi) is 3.70. The molecule has 106 valence electrons. The number of anilines is 1. The summed E-state index contributed by atoms with van der Waals surface area (Å²) in [7, 11) is 0. The number of hydrogen-bond acceptors (Lipinski definition) is 5. The molecule has 0 bridgehead atoms. The lowest BCUT2D eigenvalue weighted by Crippen LogP contribution is -2.40. The third-order valence-electron chi connectivity index (χ3n) is 4.29. The van der Waals surface area contributed by atoms with Crippen LogP contribution >= 0.6 is 0 Å². The van der Waals surface area contributed by atoms with E-state index in [0.717, 1.165) is 57.2 Å². The average Bonchev–Trinajstić information content (AvgIpc) is 3.10. The standard InChI is InChI=1S/C13H23N5O/c1-9(14)10-4-6-18(7-5-10)13-15-12(16-17-13)11-3-2-8-19-11/h9-11H,2-8,14H2,1H3,(H,15,16,17). The molecule has 0 saturated carbocycles. The van der Waals surface area contributed by atoms with Gasteiger partial charge >= 0.3 is 0 Å². The van der Waals surface area contributed by atoms with Crippen molar-refractivity contribution in [2.75, 3.05) is 24.6 Å². The number of piperidine rings is 1. The molecule has 1 aromatic rings. The predicted octanol–water partition coefficient (Wildman–Crippen LogP) is 1.22. The number of nitrogens with one attached hydrogen (secondary N) is 1. The van der Waals surface area contributed by atoms with Crippen molar-refractivity contribution in [1.82, 2.24) is 15.2 Å². The number of hydrogen-bond donors (Lipinski definition) is 2. The van der Waals surface area contributed by atoms with Crippen molar-refractivity contribution >= 4 is 5.95 Å². The maximum absolute atomic E-state index is 5.97. The largest absolute Gasteiger partial charge is 0.370 e. The highest BCUT2D eigenvalue weighted by atomic mass is 16.5. The number of ether oxygens (including phenoxy) is 1. The molecule has 0 aromatic carbocycles. The second-order valence-electron chi connectivity index (χ2n) is 5.71. The summed E-state index contributed by atoms with van der Waals surface area (Å²) in [6.07, 6.45) is 4.52. The molecular weight excluding hydrogens is 242 g/mol. The van der Waals surface area contributed by atoms with E-state index < -0.39 is 0 Å². The third kappa shape index (κ3) is 2.74. The van der Waals surface area contributed by atoms with Gasteiger partial charge in [0.25, 0.3) is 0 Å². The number of aromatic amines is 1. The zero-order chi connectivity index (χ0) is 13.2. The van der Waals surface area contributed by atoms with Crippen LogP contribution < -0.4 is 10.6 Å². The number of H-pyrrole nitrogens is 1. The maximum Gasteiger partial charge on any atom is 0.244 e. The summed E-state index contributed by atoms with van der Waals surface area (Å²) in [5, 5.41) is 7.36. The van der Waals surface area contributed by atoms with Crippen LogP contribution in [0.2, 0.25) is 0 Å². The highest BCUT2D eigenvalue weighted by molar-refractivity contribution is 5.29. The zero-order valence-electron chi connectivity index (χ0n) is 11.5. The number of rotatable bonds is 3. The quantitative estimate of drug-likeness (QED) is 0.859. The van der Waals surface area contributed by atoms with Crippen LogP contribution in [0.5, 0.6) is 0 Å². The first-order chi connectivity index (χ1) is 9.24. The minimum atomic E-state index is 0.114. The van der Waals surface area contributed by atoms with Gasteiger partial charge in [-0.15, -0.1) is 5.10 Å². The molecule has 0 amide bonds. The third-order valence-corrected chi connectivity index (χ3v) is 4.29. The normalized spacial score (nSPS) is 26.8. The first kappa shape index (κ1) is 12.9. The lowest BCUT2D eigenvalue weighted by molar-refractivity contribution is 0.105. The Balaban J connectivity index is 1.61. The lowest BCUT2D eigenvalue weighted by atomic mass is 9.91. The fraction of sp³-hybridized carbons (Fsp3) is 0.846. The molecule has 2 aliphatic heterocycles. The Morgan fingerprint density at radius 1 is 1.37 bits per heavy atom. The van der Waals surface area contributed by atoms with Crippen LogP contribution in [0.25, 0.3) is 0 Å². The van der Waals surface area contributed by atoms with E-state index in [0.29, 0.717) is 5.92 Å². The predicted molar refractivity (Wildman–Crippen MR) is 72.9 cm³/mol.